The van der Waals surface area contributed by atoms with Crippen molar-refractivity contribution in [2.24, 2.45) is 11.8 Å². The van der Waals surface area contributed by atoms with Gasteiger partial charge in [0.25, 0.3) is 5.91 Å². The van der Waals surface area contributed by atoms with Gasteiger partial charge in [-0.05, 0) is 80.0 Å². The summed E-state index contributed by atoms with van der Waals surface area (Å²) < 4.78 is 13.9. The summed E-state index contributed by atoms with van der Waals surface area (Å²) in [4.78, 5) is 21.6. The summed E-state index contributed by atoms with van der Waals surface area (Å²) in [5.41, 5.74) is 1.79. The Morgan fingerprint density at radius 1 is 1.00 bits per heavy atom. The van der Waals surface area contributed by atoms with E-state index in [0.717, 1.165) is 44.3 Å². The SMILES string of the molecule is O=C(c1cc(O)nc2ccc(F)cc12)N1CCC(N2CC[C@H](Cc3ccc(Cl)c(Cl)c3)[C@H](CO)C2)CC1. The van der Waals surface area contributed by atoms with Crippen LogP contribution in [0.2, 0.25) is 10.0 Å². The molecule has 2 fully saturated rings. The minimum Gasteiger partial charge on any atom is -0.493 e. The molecular weight excluding hydrogens is 516 g/mol. The summed E-state index contributed by atoms with van der Waals surface area (Å²) in [6.07, 6.45) is 3.49. The van der Waals surface area contributed by atoms with Gasteiger partial charge in [-0.3, -0.25) is 9.69 Å². The molecule has 2 aliphatic heterocycles. The summed E-state index contributed by atoms with van der Waals surface area (Å²) in [7, 11) is 0. The summed E-state index contributed by atoms with van der Waals surface area (Å²) in [6, 6.07) is 11.4. The molecule has 37 heavy (non-hydrogen) atoms. The number of aromatic hydroxyl groups is 1. The molecule has 2 aliphatic rings. The van der Waals surface area contributed by atoms with Crippen LogP contribution in [0.3, 0.4) is 0 Å². The number of piperidine rings is 2. The van der Waals surface area contributed by atoms with Crippen molar-refractivity contribution in [1.82, 2.24) is 14.8 Å². The van der Waals surface area contributed by atoms with E-state index in [1.807, 2.05) is 18.2 Å². The number of benzene rings is 2. The average Bonchev–Trinajstić information content (AvgIpc) is 2.90. The normalized spacial score (nSPS) is 21.5. The molecule has 0 bridgehead atoms. The Labute approximate surface area is 225 Å². The molecule has 3 aromatic rings. The molecule has 2 aromatic carbocycles. The lowest BCUT2D eigenvalue weighted by Crippen LogP contribution is -2.52. The molecule has 196 valence electrons. The smallest absolute Gasteiger partial charge is 0.254 e. The molecule has 2 atom stereocenters. The van der Waals surface area contributed by atoms with Crippen LogP contribution < -0.4 is 0 Å². The number of rotatable bonds is 5. The van der Waals surface area contributed by atoms with Gasteiger partial charge in [-0.2, -0.15) is 0 Å². The van der Waals surface area contributed by atoms with E-state index in [1.165, 1.54) is 24.3 Å². The predicted octanol–water partition coefficient (Wildman–Crippen LogP) is 5.16. The lowest BCUT2D eigenvalue weighted by molar-refractivity contribution is 0.0242. The molecule has 0 saturated carbocycles. The Morgan fingerprint density at radius 2 is 1.78 bits per heavy atom. The fourth-order valence-electron chi connectivity index (χ4n) is 5.85. The van der Waals surface area contributed by atoms with Crippen molar-refractivity contribution in [3.63, 3.8) is 0 Å². The van der Waals surface area contributed by atoms with E-state index in [1.54, 1.807) is 4.90 Å². The first kappa shape index (κ1) is 26.2. The molecule has 6 nitrogen and oxygen atoms in total. The highest BCUT2D eigenvalue weighted by Crippen LogP contribution is 2.32. The number of halogens is 3. The largest absolute Gasteiger partial charge is 0.493 e. The number of hydrogen-bond acceptors (Lipinski definition) is 5. The van der Waals surface area contributed by atoms with Crippen LogP contribution >= 0.6 is 23.2 Å². The summed E-state index contributed by atoms with van der Waals surface area (Å²) in [5, 5.41) is 21.7. The fourth-order valence-corrected chi connectivity index (χ4v) is 6.17. The number of amides is 1. The van der Waals surface area contributed by atoms with Gasteiger partial charge in [-0.1, -0.05) is 29.3 Å². The molecule has 9 heteroatoms. The molecule has 2 saturated heterocycles. The molecule has 2 N–H and O–H groups in total. The quantitative estimate of drug-likeness (QED) is 0.462. The van der Waals surface area contributed by atoms with Gasteiger partial charge in [0.05, 0.1) is 21.1 Å². The second-order valence-electron chi connectivity index (χ2n) is 10.2. The van der Waals surface area contributed by atoms with E-state index in [2.05, 4.69) is 9.88 Å². The maximum atomic E-state index is 13.9. The van der Waals surface area contributed by atoms with Crippen LogP contribution in [0.1, 0.15) is 35.2 Å². The summed E-state index contributed by atoms with van der Waals surface area (Å²) >= 11 is 12.2. The topological polar surface area (TPSA) is 76.9 Å². The zero-order valence-corrected chi connectivity index (χ0v) is 21.9. The highest BCUT2D eigenvalue weighted by Gasteiger charge is 2.34. The van der Waals surface area contributed by atoms with Crippen LogP contribution in [0, 0.1) is 17.7 Å². The number of hydrogen-bond donors (Lipinski definition) is 2. The predicted molar refractivity (Wildman–Crippen MR) is 143 cm³/mol. The minimum atomic E-state index is -0.450. The molecular formula is C28H30Cl2FN3O3. The number of aromatic nitrogens is 1. The number of fused-ring (bicyclic) bond motifs is 1. The maximum Gasteiger partial charge on any atom is 0.254 e. The van der Waals surface area contributed by atoms with Crippen molar-refractivity contribution in [3.8, 4) is 5.88 Å². The van der Waals surface area contributed by atoms with Crippen LogP contribution in [0.5, 0.6) is 5.88 Å². The molecule has 0 spiro atoms. The lowest BCUT2D eigenvalue weighted by Gasteiger charge is -2.44. The van der Waals surface area contributed by atoms with Gasteiger partial charge < -0.3 is 15.1 Å². The molecule has 1 aromatic heterocycles. The molecule has 3 heterocycles. The Balaban J connectivity index is 1.21. The average molecular weight is 546 g/mol. The van der Waals surface area contributed by atoms with Crippen molar-refractivity contribution >= 4 is 40.0 Å². The minimum absolute atomic E-state index is 0.134. The van der Waals surface area contributed by atoms with Gasteiger partial charge in [-0.15, -0.1) is 0 Å². The van der Waals surface area contributed by atoms with E-state index in [0.29, 0.717) is 46.0 Å². The van der Waals surface area contributed by atoms with Crippen LogP contribution in [0.4, 0.5) is 4.39 Å². The van der Waals surface area contributed by atoms with Crippen molar-refractivity contribution in [2.45, 2.75) is 31.7 Å². The van der Waals surface area contributed by atoms with Gasteiger partial charge in [0.15, 0.2) is 0 Å². The van der Waals surface area contributed by atoms with Crippen molar-refractivity contribution in [3.05, 3.63) is 69.5 Å². The van der Waals surface area contributed by atoms with Crippen molar-refractivity contribution < 1.29 is 19.4 Å². The van der Waals surface area contributed by atoms with E-state index < -0.39 is 5.82 Å². The van der Waals surface area contributed by atoms with E-state index in [9.17, 15) is 19.4 Å². The fraction of sp³-hybridized carbons (Fsp3) is 0.429. The number of nitrogens with zero attached hydrogens (tertiary/aromatic N) is 3. The number of likely N-dealkylation sites (tertiary alicyclic amines) is 2. The number of pyridine rings is 1. The summed E-state index contributed by atoms with van der Waals surface area (Å²) in [5.74, 6) is -0.387. The standard InChI is InChI=1S/C28H30Cl2FN3O3/c29-24-3-1-17(12-25(24)30)11-18-5-8-34(15-19(18)16-35)21-6-9-33(10-7-21)28(37)23-14-27(36)32-26-4-2-20(31)13-22(23)26/h1-4,12-14,18-19,21,35H,5-11,15-16H2,(H,32,36)/t18-,19+/m1/s1. The zero-order chi connectivity index (χ0) is 26.1. The highest BCUT2D eigenvalue weighted by molar-refractivity contribution is 6.42. The van der Waals surface area contributed by atoms with E-state index in [-0.39, 0.29) is 29.9 Å². The van der Waals surface area contributed by atoms with Gasteiger partial charge in [0, 0.05) is 43.7 Å². The lowest BCUT2D eigenvalue weighted by atomic mass is 9.80. The third-order valence-electron chi connectivity index (χ3n) is 7.89. The Hall–Kier alpha value is -2.45. The number of carbonyl (C=O) groups excluding carboxylic acids is 1. The molecule has 5 rings (SSSR count). The molecule has 0 unspecified atom stereocenters. The molecule has 0 aliphatic carbocycles. The molecule has 1 amide bonds. The molecule has 0 radical (unpaired) electrons. The van der Waals surface area contributed by atoms with Crippen LogP contribution in [-0.4, -0.2) is 69.7 Å². The first-order chi connectivity index (χ1) is 17.8. The second kappa shape index (κ2) is 11.1. The maximum absolute atomic E-state index is 13.9. The van der Waals surface area contributed by atoms with Crippen LogP contribution in [-0.2, 0) is 6.42 Å². The van der Waals surface area contributed by atoms with Gasteiger partial charge >= 0.3 is 0 Å². The first-order valence-electron chi connectivity index (χ1n) is 12.7. The van der Waals surface area contributed by atoms with Gasteiger partial charge in [0.2, 0.25) is 5.88 Å². The number of carbonyl (C=O) groups is 1. The van der Waals surface area contributed by atoms with Crippen LogP contribution in [0.25, 0.3) is 10.9 Å². The monoisotopic (exact) mass is 545 g/mol. The number of aliphatic hydroxyl groups excluding tert-OH is 1. The number of aliphatic hydroxyl groups is 1. The second-order valence-corrected chi connectivity index (χ2v) is 11.0. The zero-order valence-electron chi connectivity index (χ0n) is 20.4. The Bertz CT molecular complexity index is 1300. The third-order valence-corrected chi connectivity index (χ3v) is 8.63. The van der Waals surface area contributed by atoms with Gasteiger partial charge in [0.1, 0.15) is 5.82 Å². The van der Waals surface area contributed by atoms with E-state index >= 15 is 0 Å². The highest BCUT2D eigenvalue weighted by atomic mass is 35.5. The van der Waals surface area contributed by atoms with Crippen molar-refractivity contribution in [2.75, 3.05) is 32.8 Å². The van der Waals surface area contributed by atoms with Crippen LogP contribution in [0.15, 0.2) is 42.5 Å². The van der Waals surface area contributed by atoms with E-state index in [4.69, 9.17) is 23.2 Å². The Morgan fingerprint density at radius 3 is 2.51 bits per heavy atom. The third kappa shape index (κ3) is 5.70. The first-order valence-corrected chi connectivity index (χ1v) is 13.5. The summed E-state index contributed by atoms with van der Waals surface area (Å²) in [6.45, 7) is 3.06. The Kier molecular flexibility index (Phi) is 7.86. The van der Waals surface area contributed by atoms with Crippen molar-refractivity contribution in [1.29, 1.82) is 0 Å². The van der Waals surface area contributed by atoms with Gasteiger partial charge in [-0.25, -0.2) is 9.37 Å².